The van der Waals surface area contributed by atoms with Crippen molar-refractivity contribution >= 4 is 6.09 Å². The van der Waals surface area contributed by atoms with Crippen molar-refractivity contribution < 1.29 is 14.1 Å². The predicted octanol–water partition coefficient (Wildman–Crippen LogP) is 1.91. The summed E-state index contributed by atoms with van der Waals surface area (Å²) in [6, 6.07) is 0.283. The molecule has 7 nitrogen and oxygen atoms in total. The van der Waals surface area contributed by atoms with Gasteiger partial charge in [0.1, 0.15) is 5.60 Å². The molecular weight excluding hydrogens is 284 g/mol. The zero-order valence-corrected chi connectivity index (χ0v) is 13.9. The maximum atomic E-state index is 12.1. The number of ether oxygens (including phenoxy) is 1. The molecule has 1 aromatic rings. The Kier molecular flexibility index (Phi) is 5.39. The molecule has 0 bridgehead atoms. The summed E-state index contributed by atoms with van der Waals surface area (Å²) >= 11 is 0. The minimum Gasteiger partial charge on any atom is -0.444 e. The van der Waals surface area contributed by atoms with Gasteiger partial charge in [-0.05, 0) is 40.5 Å². The Morgan fingerprint density at radius 3 is 2.91 bits per heavy atom. The number of carbonyl (C=O) groups is 1. The molecule has 1 amide bonds. The molecule has 1 aromatic heterocycles. The molecular formula is C15H26N4O3. The molecule has 7 heteroatoms. The summed E-state index contributed by atoms with van der Waals surface area (Å²) in [6.45, 7) is 9.66. The Morgan fingerprint density at radius 1 is 1.50 bits per heavy atom. The first-order chi connectivity index (χ1) is 10.3. The highest BCUT2D eigenvalue weighted by Gasteiger charge is 2.27. The lowest BCUT2D eigenvalue weighted by Gasteiger charge is -2.34. The van der Waals surface area contributed by atoms with Crippen LogP contribution in [0.15, 0.2) is 4.52 Å². The van der Waals surface area contributed by atoms with E-state index in [1.807, 2.05) is 20.8 Å². The lowest BCUT2D eigenvalue weighted by Crippen LogP contribution is -2.49. The summed E-state index contributed by atoms with van der Waals surface area (Å²) in [5.74, 6) is 1.30. The first-order valence-electron chi connectivity index (χ1n) is 7.84. The smallest absolute Gasteiger partial charge is 0.410 e. The van der Waals surface area contributed by atoms with Gasteiger partial charge in [-0.1, -0.05) is 5.16 Å². The maximum Gasteiger partial charge on any atom is 0.410 e. The van der Waals surface area contributed by atoms with Gasteiger partial charge in [0.25, 0.3) is 0 Å². The number of aromatic nitrogens is 2. The van der Waals surface area contributed by atoms with Crippen LogP contribution in [-0.2, 0) is 11.2 Å². The molecule has 1 atom stereocenters. The number of hydrogen-bond acceptors (Lipinski definition) is 6. The predicted molar refractivity (Wildman–Crippen MR) is 81.6 cm³/mol. The number of amides is 1. The van der Waals surface area contributed by atoms with Crippen molar-refractivity contribution in [1.29, 1.82) is 0 Å². The van der Waals surface area contributed by atoms with E-state index in [9.17, 15) is 4.79 Å². The van der Waals surface area contributed by atoms with Crippen molar-refractivity contribution in [1.82, 2.24) is 20.4 Å². The van der Waals surface area contributed by atoms with Crippen LogP contribution in [0.25, 0.3) is 0 Å². The quantitative estimate of drug-likeness (QED) is 0.915. The van der Waals surface area contributed by atoms with E-state index in [2.05, 4.69) is 15.5 Å². The van der Waals surface area contributed by atoms with E-state index >= 15 is 0 Å². The van der Waals surface area contributed by atoms with Gasteiger partial charge in [-0.25, -0.2) is 4.79 Å². The SMILES string of the molecule is Cc1noc(CCN[C@@H]2CCCN(C(=O)OC(C)(C)C)C2)n1. The lowest BCUT2D eigenvalue weighted by atomic mass is 10.1. The molecule has 0 spiro atoms. The van der Waals surface area contributed by atoms with Crippen LogP contribution < -0.4 is 5.32 Å². The highest BCUT2D eigenvalue weighted by molar-refractivity contribution is 5.68. The lowest BCUT2D eigenvalue weighted by molar-refractivity contribution is 0.0187. The third kappa shape index (κ3) is 5.29. The third-order valence-electron chi connectivity index (χ3n) is 3.41. The van der Waals surface area contributed by atoms with Crippen molar-refractivity contribution in [3.63, 3.8) is 0 Å². The summed E-state index contributed by atoms with van der Waals surface area (Å²) in [6.07, 6.45) is 2.51. The molecule has 2 heterocycles. The molecule has 1 aliphatic heterocycles. The van der Waals surface area contributed by atoms with Gasteiger partial charge >= 0.3 is 6.09 Å². The van der Waals surface area contributed by atoms with E-state index in [0.717, 1.165) is 25.9 Å². The molecule has 0 aromatic carbocycles. The van der Waals surface area contributed by atoms with Gasteiger partial charge in [-0.3, -0.25) is 0 Å². The summed E-state index contributed by atoms with van der Waals surface area (Å²) in [5.41, 5.74) is -0.451. The summed E-state index contributed by atoms with van der Waals surface area (Å²) < 4.78 is 10.5. The number of aryl methyl sites for hydroxylation is 1. The largest absolute Gasteiger partial charge is 0.444 e. The average molecular weight is 310 g/mol. The van der Waals surface area contributed by atoms with Crippen LogP contribution in [0, 0.1) is 6.92 Å². The van der Waals surface area contributed by atoms with E-state index in [1.165, 1.54) is 0 Å². The van der Waals surface area contributed by atoms with Crippen molar-refractivity contribution in [2.45, 2.75) is 58.6 Å². The summed E-state index contributed by atoms with van der Waals surface area (Å²) in [4.78, 5) is 18.1. The second kappa shape index (κ2) is 7.09. The monoisotopic (exact) mass is 310 g/mol. The van der Waals surface area contributed by atoms with Crippen molar-refractivity contribution in [3.8, 4) is 0 Å². The second-order valence-corrected chi connectivity index (χ2v) is 6.70. The zero-order valence-electron chi connectivity index (χ0n) is 13.9. The van der Waals surface area contributed by atoms with Gasteiger partial charge in [0.05, 0.1) is 0 Å². The van der Waals surface area contributed by atoms with Crippen LogP contribution in [0.1, 0.15) is 45.3 Å². The Morgan fingerprint density at radius 2 is 2.27 bits per heavy atom. The fourth-order valence-corrected chi connectivity index (χ4v) is 2.46. The van der Waals surface area contributed by atoms with Crippen molar-refractivity contribution in [3.05, 3.63) is 11.7 Å². The molecule has 1 saturated heterocycles. The van der Waals surface area contributed by atoms with Gasteiger partial charge in [-0.15, -0.1) is 0 Å². The Bertz CT molecular complexity index is 495. The first-order valence-corrected chi connectivity index (χ1v) is 7.84. The molecule has 0 unspecified atom stereocenters. The zero-order chi connectivity index (χ0) is 16.2. The number of nitrogens with zero attached hydrogens (tertiary/aromatic N) is 3. The molecule has 124 valence electrons. The maximum absolute atomic E-state index is 12.1. The van der Waals surface area contributed by atoms with E-state index in [1.54, 1.807) is 11.8 Å². The number of hydrogen-bond donors (Lipinski definition) is 1. The Hall–Kier alpha value is -1.63. The second-order valence-electron chi connectivity index (χ2n) is 6.70. The summed E-state index contributed by atoms with van der Waals surface area (Å²) in [7, 11) is 0. The van der Waals surface area contributed by atoms with Gasteiger partial charge < -0.3 is 19.5 Å². The van der Waals surface area contributed by atoms with Crippen LogP contribution >= 0.6 is 0 Å². The number of piperidine rings is 1. The Balaban J connectivity index is 1.74. The minimum absolute atomic E-state index is 0.230. The van der Waals surface area contributed by atoms with Crippen LogP contribution in [0.2, 0.25) is 0 Å². The molecule has 1 N–H and O–H groups in total. The standard InChI is InChI=1S/C15H26N4O3/c1-11-17-13(22-18-11)7-8-16-12-6-5-9-19(10-12)14(20)21-15(2,3)4/h12,16H,5-10H2,1-4H3/t12-/m1/s1. The van der Waals surface area contributed by atoms with Crippen LogP contribution in [0.3, 0.4) is 0 Å². The molecule has 0 aliphatic carbocycles. The van der Waals surface area contributed by atoms with E-state index in [-0.39, 0.29) is 12.1 Å². The number of nitrogens with one attached hydrogen (secondary N) is 1. The first kappa shape index (κ1) is 16.7. The molecule has 0 saturated carbocycles. The van der Waals surface area contributed by atoms with Gasteiger partial charge in [-0.2, -0.15) is 4.98 Å². The third-order valence-corrected chi connectivity index (χ3v) is 3.41. The molecule has 0 radical (unpaired) electrons. The number of likely N-dealkylation sites (tertiary alicyclic amines) is 1. The number of rotatable bonds is 4. The summed E-state index contributed by atoms with van der Waals surface area (Å²) in [5, 5.41) is 7.22. The normalized spacial score (nSPS) is 19.3. The van der Waals surface area contributed by atoms with Crippen LogP contribution in [0.4, 0.5) is 4.79 Å². The topological polar surface area (TPSA) is 80.5 Å². The highest BCUT2D eigenvalue weighted by Crippen LogP contribution is 2.15. The molecule has 22 heavy (non-hydrogen) atoms. The van der Waals surface area contributed by atoms with Crippen LogP contribution in [-0.4, -0.2) is 52.4 Å². The van der Waals surface area contributed by atoms with Gasteiger partial charge in [0.2, 0.25) is 5.89 Å². The van der Waals surface area contributed by atoms with E-state index in [0.29, 0.717) is 24.7 Å². The molecule has 2 rings (SSSR count). The highest BCUT2D eigenvalue weighted by atomic mass is 16.6. The Labute approximate surface area is 131 Å². The van der Waals surface area contributed by atoms with E-state index < -0.39 is 5.60 Å². The fourth-order valence-electron chi connectivity index (χ4n) is 2.46. The average Bonchev–Trinajstić information content (AvgIpc) is 2.83. The van der Waals surface area contributed by atoms with Crippen LogP contribution in [0.5, 0.6) is 0 Å². The minimum atomic E-state index is -0.451. The van der Waals surface area contributed by atoms with Gasteiger partial charge in [0.15, 0.2) is 5.82 Å². The van der Waals surface area contributed by atoms with Crippen molar-refractivity contribution in [2.75, 3.05) is 19.6 Å². The molecule has 1 aliphatic rings. The number of carbonyl (C=O) groups excluding carboxylic acids is 1. The van der Waals surface area contributed by atoms with Crippen molar-refractivity contribution in [2.24, 2.45) is 0 Å². The van der Waals surface area contributed by atoms with Gasteiger partial charge in [0, 0.05) is 32.1 Å². The fraction of sp³-hybridized carbons (Fsp3) is 0.800. The van der Waals surface area contributed by atoms with E-state index in [4.69, 9.17) is 9.26 Å². The molecule has 1 fully saturated rings.